The zero-order valence-electron chi connectivity index (χ0n) is 8.87. The Morgan fingerprint density at radius 1 is 1.50 bits per heavy atom. The number of methoxy groups -OCH3 is 1. The van der Waals surface area contributed by atoms with E-state index < -0.39 is 0 Å². The van der Waals surface area contributed by atoms with Crippen molar-refractivity contribution >= 4 is 5.78 Å². The summed E-state index contributed by atoms with van der Waals surface area (Å²) in [5, 5.41) is 0. The Morgan fingerprint density at radius 2 is 2.21 bits per heavy atom. The third kappa shape index (κ3) is 3.00. The summed E-state index contributed by atoms with van der Waals surface area (Å²) in [4.78, 5) is 11.5. The Morgan fingerprint density at radius 3 is 2.79 bits per heavy atom. The molecule has 1 heterocycles. The van der Waals surface area contributed by atoms with Crippen molar-refractivity contribution in [2.75, 3.05) is 7.11 Å². The molecule has 0 bridgehead atoms. The van der Waals surface area contributed by atoms with Crippen LogP contribution >= 0.6 is 0 Å². The van der Waals surface area contributed by atoms with Crippen LogP contribution in [0.2, 0.25) is 0 Å². The molecule has 14 heavy (non-hydrogen) atoms. The minimum Gasteiger partial charge on any atom is -0.456 e. The number of ketones is 1. The molecule has 0 aliphatic rings. The van der Waals surface area contributed by atoms with E-state index in [-0.39, 0.29) is 5.78 Å². The molecule has 0 amide bonds. The van der Waals surface area contributed by atoms with Crippen molar-refractivity contribution in [3.63, 3.8) is 0 Å². The van der Waals surface area contributed by atoms with Gasteiger partial charge in [0.05, 0.1) is 0 Å². The fraction of sp³-hybridized carbons (Fsp3) is 0.545. The molecule has 1 aromatic heterocycles. The summed E-state index contributed by atoms with van der Waals surface area (Å²) in [6, 6.07) is 3.48. The van der Waals surface area contributed by atoms with Gasteiger partial charge in [-0.05, 0) is 18.1 Å². The molecule has 0 fully saturated rings. The highest BCUT2D eigenvalue weighted by atomic mass is 16.5. The smallest absolute Gasteiger partial charge is 0.198 e. The molecule has 0 unspecified atom stereocenters. The zero-order chi connectivity index (χ0) is 10.6. The predicted octanol–water partition coefficient (Wildman–Crippen LogP) is 2.65. The number of hydrogen-bond acceptors (Lipinski definition) is 3. The summed E-state index contributed by atoms with van der Waals surface area (Å²) in [5.74, 6) is 1.55. The number of carbonyl (C=O) groups is 1. The molecular weight excluding hydrogens is 180 g/mol. The summed E-state index contributed by atoms with van der Waals surface area (Å²) in [6.07, 6.45) is 0.528. The highest BCUT2D eigenvalue weighted by Gasteiger charge is 2.12. The van der Waals surface area contributed by atoms with E-state index in [9.17, 15) is 4.79 Å². The molecule has 0 radical (unpaired) electrons. The van der Waals surface area contributed by atoms with Crippen LogP contribution in [0.1, 0.15) is 36.6 Å². The molecule has 1 rings (SSSR count). The topological polar surface area (TPSA) is 39.4 Å². The molecule has 0 aliphatic heterocycles. The maximum Gasteiger partial charge on any atom is 0.198 e. The van der Waals surface area contributed by atoms with E-state index in [0.717, 1.165) is 0 Å². The van der Waals surface area contributed by atoms with Crippen LogP contribution < -0.4 is 0 Å². The van der Waals surface area contributed by atoms with Gasteiger partial charge in [0.2, 0.25) is 0 Å². The number of hydrogen-bond donors (Lipinski definition) is 0. The van der Waals surface area contributed by atoms with Crippen molar-refractivity contribution in [3.8, 4) is 0 Å². The van der Waals surface area contributed by atoms with E-state index in [0.29, 0.717) is 30.5 Å². The van der Waals surface area contributed by atoms with Gasteiger partial charge in [0, 0.05) is 13.5 Å². The Bertz CT molecular complexity index is 299. The van der Waals surface area contributed by atoms with Gasteiger partial charge in [0.25, 0.3) is 0 Å². The van der Waals surface area contributed by atoms with Crippen molar-refractivity contribution in [1.82, 2.24) is 0 Å². The molecule has 0 saturated heterocycles. The second-order valence-corrected chi connectivity index (χ2v) is 3.72. The van der Waals surface area contributed by atoms with Gasteiger partial charge in [-0.2, -0.15) is 0 Å². The number of rotatable bonds is 5. The summed E-state index contributed by atoms with van der Waals surface area (Å²) < 4.78 is 10.2. The lowest BCUT2D eigenvalue weighted by Gasteiger charge is -2.00. The summed E-state index contributed by atoms with van der Waals surface area (Å²) in [5.41, 5.74) is 0. The lowest BCUT2D eigenvalue weighted by atomic mass is 10.1. The minimum atomic E-state index is 0.0577. The summed E-state index contributed by atoms with van der Waals surface area (Å²) in [7, 11) is 1.60. The van der Waals surface area contributed by atoms with Gasteiger partial charge < -0.3 is 9.15 Å². The third-order valence-electron chi connectivity index (χ3n) is 1.82. The predicted molar refractivity (Wildman–Crippen MR) is 53.2 cm³/mol. The van der Waals surface area contributed by atoms with E-state index in [2.05, 4.69) is 0 Å². The van der Waals surface area contributed by atoms with Crippen LogP contribution in [0.15, 0.2) is 16.5 Å². The van der Waals surface area contributed by atoms with Crippen LogP contribution in [0.3, 0.4) is 0 Å². The first-order valence-electron chi connectivity index (χ1n) is 4.74. The highest BCUT2D eigenvalue weighted by molar-refractivity contribution is 5.93. The van der Waals surface area contributed by atoms with E-state index in [1.165, 1.54) is 0 Å². The largest absolute Gasteiger partial charge is 0.456 e. The standard InChI is InChI=1S/C11H16O3/c1-8(2)6-10(12)11-5-4-9(14-11)7-13-3/h4-5,8H,6-7H2,1-3H3. The second kappa shape index (κ2) is 4.96. The minimum absolute atomic E-state index is 0.0577. The summed E-state index contributed by atoms with van der Waals surface area (Å²) in [6.45, 7) is 4.43. The lowest BCUT2D eigenvalue weighted by molar-refractivity contribution is 0.0932. The highest BCUT2D eigenvalue weighted by Crippen LogP contribution is 2.13. The van der Waals surface area contributed by atoms with Crippen LogP contribution in [0.25, 0.3) is 0 Å². The van der Waals surface area contributed by atoms with Crippen LogP contribution in [0.4, 0.5) is 0 Å². The van der Waals surface area contributed by atoms with Gasteiger partial charge in [0.1, 0.15) is 12.4 Å². The van der Waals surface area contributed by atoms with E-state index in [1.54, 1.807) is 19.2 Å². The average Bonchev–Trinajstić information content (AvgIpc) is 2.52. The van der Waals surface area contributed by atoms with Crippen molar-refractivity contribution in [2.45, 2.75) is 26.9 Å². The van der Waals surface area contributed by atoms with Gasteiger partial charge in [-0.1, -0.05) is 13.8 Å². The van der Waals surface area contributed by atoms with Crippen LogP contribution in [-0.4, -0.2) is 12.9 Å². The number of ether oxygens (including phenoxy) is 1. The molecule has 0 aromatic carbocycles. The van der Waals surface area contributed by atoms with E-state index in [4.69, 9.17) is 9.15 Å². The SMILES string of the molecule is COCc1ccc(C(=O)CC(C)C)o1. The number of carbonyl (C=O) groups excluding carboxylic acids is 1. The van der Waals surface area contributed by atoms with Crippen molar-refractivity contribution in [2.24, 2.45) is 5.92 Å². The molecule has 0 N–H and O–H groups in total. The fourth-order valence-corrected chi connectivity index (χ4v) is 1.22. The first-order chi connectivity index (χ1) is 6.63. The molecule has 3 heteroatoms. The first-order valence-corrected chi connectivity index (χ1v) is 4.74. The molecule has 0 spiro atoms. The Balaban J connectivity index is 2.62. The molecule has 78 valence electrons. The molecule has 3 nitrogen and oxygen atoms in total. The lowest BCUT2D eigenvalue weighted by Crippen LogP contribution is -2.01. The van der Waals surface area contributed by atoms with Gasteiger partial charge >= 0.3 is 0 Å². The quantitative estimate of drug-likeness (QED) is 0.679. The van der Waals surface area contributed by atoms with Gasteiger partial charge in [-0.3, -0.25) is 4.79 Å². The summed E-state index contributed by atoms with van der Waals surface area (Å²) >= 11 is 0. The monoisotopic (exact) mass is 196 g/mol. The van der Waals surface area contributed by atoms with E-state index in [1.807, 2.05) is 13.8 Å². The molecular formula is C11H16O3. The Hall–Kier alpha value is -1.09. The fourth-order valence-electron chi connectivity index (χ4n) is 1.22. The van der Waals surface area contributed by atoms with Crippen LogP contribution in [-0.2, 0) is 11.3 Å². The average molecular weight is 196 g/mol. The molecule has 0 atom stereocenters. The first kappa shape index (κ1) is 11.0. The maximum atomic E-state index is 11.5. The van der Waals surface area contributed by atoms with Crippen LogP contribution in [0.5, 0.6) is 0 Å². The van der Waals surface area contributed by atoms with Gasteiger partial charge in [0.15, 0.2) is 11.5 Å². The Labute approximate surface area is 84.1 Å². The molecule has 1 aromatic rings. The maximum absolute atomic E-state index is 11.5. The van der Waals surface area contributed by atoms with Gasteiger partial charge in [-0.25, -0.2) is 0 Å². The molecule has 0 aliphatic carbocycles. The Kier molecular flexibility index (Phi) is 3.89. The number of Topliss-reactive ketones (excluding diaryl/α,β-unsaturated/α-hetero) is 1. The van der Waals surface area contributed by atoms with Gasteiger partial charge in [-0.15, -0.1) is 0 Å². The van der Waals surface area contributed by atoms with Crippen molar-refractivity contribution in [1.29, 1.82) is 0 Å². The van der Waals surface area contributed by atoms with Crippen molar-refractivity contribution < 1.29 is 13.9 Å². The van der Waals surface area contributed by atoms with Crippen molar-refractivity contribution in [3.05, 3.63) is 23.7 Å². The molecule has 0 saturated carbocycles. The zero-order valence-corrected chi connectivity index (χ0v) is 8.87. The normalized spacial score (nSPS) is 10.9. The van der Waals surface area contributed by atoms with Crippen LogP contribution in [0, 0.1) is 5.92 Å². The third-order valence-corrected chi connectivity index (χ3v) is 1.82. The van der Waals surface area contributed by atoms with E-state index >= 15 is 0 Å². The number of furan rings is 1. The second-order valence-electron chi connectivity index (χ2n) is 3.72.